The van der Waals surface area contributed by atoms with E-state index in [0.29, 0.717) is 12.1 Å². The molecule has 3 unspecified atom stereocenters. The first kappa shape index (κ1) is 11.0. The van der Waals surface area contributed by atoms with Gasteiger partial charge in [0.05, 0.1) is 6.10 Å². The summed E-state index contributed by atoms with van der Waals surface area (Å²) in [7, 11) is 2.05. The second-order valence-corrected chi connectivity index (χ2v) is 4.14. The number of rotatable bonds is 5. The minimum atomic E-state index is 0.455. The Labute approximate surface area is 82.0 Å². The summed E-state index contributed by atoms with van der Waals surface area (Å²) in [5.74, 6) is 0.731. The van der Waals surface area contributed by atoms with Crippen molar-refractivity contribution in [2.75, 3.05) is 13.7 Å². The van der Waals surface area contributed by atoms with Crippen LogP contribution in [0.2, 0.25) is 0 Å². The Hall–Kier alpha value is -0.0800. The second kappa shape index (κ2) is 5.61. The van der Waals surface area contributed by atoms with Crippen LogP contribution in [0, 0.1) is 5.92 Å². The van der Waals surface area contributed by atoms with Gasteiger partial charge in [0.15, 0.2) is 0 Å². The van der Waals surface area contributed by atoms with Crippen molar-refractivity contribution >= 4 is 0 Å². The number of nitrogens with one attached hydrogen (secondary N) is 1. The standard InChI is InChI=1S/C11H23NO/c1-4-5-6-10(12-3)11-9(2)7-8-13-11/h9-12H,4-8H2,1-3H3. The van der Waals surface area contributed by atoms with Gasteiger partial charge < -0.3 is 10.1 Å². The molecule has 0 aromatic rings. The normalized spacial score (nSPS) is 30.7. The van der Waals surface area contributed by atoms with Crippen LogP contribution in [-0.4, -0.2) is 25.8 Å². The summed E-state index contributed by atoms with van der Waals surface area (Å²) in [5, 5.41) is 3.38. The molecule has 0 aliphatic carbocycles. The van der Waals surface area contributed by atoms with Gasteiger partial charge in [0, 0.05) is 12.6 Å². The Morgan fingerprint density at radius 3 is 2.77 bits per heavy atom. The van der Waals surface area contributed by atoms with Crippen LogP contribution >= 0.6 is 0 Å². The molecule has 1 rings (SSSR count). The molecule has 13 heavy (non-hydrogen) atoms. The molecule has 0 radical (unpaired) electrons. The number of unbranched alkanes of at least 4 members (excludes halogenated alkanes) is 1. The zero-order valence-corrected chi connectivity index (χ0v) is 9.18. The Bertz CT molecular complexity index is 138. The fourth-order valence-corrected chi connectivity index (χ4v) is 2.13. The van der Waals surface area contributed by atoms with Gasteiger partial charge in [0.2, 0.25) is 0 Å². The topological polar surface area (TPSA) is 21.3 Å². The van der Waals surface area contributed by atoms with Crippen LogP contribution < -0.4 is 5.32 Å². The average molecular weight is 185 g/mol. The molecule has 0 amide bonds. The van der Waals surface area contributed by atoms with Crippen molar-refractivity contribution in [2.24, 2.45) is 5.92 Å². The molecule has 0 aromatic heterocycles. The van der Waals surface area contributed by atoms with E-state index in [2.05, 4.69) is 26.2 Å². The van der Waals surface area contributed by atoms with Crippen LogP contribution in [0.3, 0.4) is 0 Å². The van der Waals surface area contributed by atoms with Crippen molar-refractivity contribution in [2.45, 2.75) is 51.7 Å². The van der Waals surface area contributed by atoms with E-state index in [1.54, 1.807) is 0 Å². The summed E-state index contributed by atoms with van der Waals surface area (Å²) >= 11 is 0. The molecule has 2 heteroatoms. The van der Waals surface area contributed by atoms with Gasteiger partial charge >= 0.3 is 0 Å². The third-order valence-corrected chi connectivity index (χ3v) is 3.08. The SMILES string of the molecule is CCCCC(NC)C1OCCC1C. The van der Waals surface area contributed by atoms with Gasteiger partial charge in [-0.25, -0.2) is 0 Å². The monoisotopic (exact) mass is 185 g/mol. The van der Waals surface area contributed by atoms with E-state index in [9.17, 15) is 0 Å². The summed E-state index contributed by atoms with van der Waals surface area (Å²) in [6.45, 7) is 5.50. The fraction of sp³-hybridized carbons (Fsp3) is 1.00. The molecule has 78 valence electrons. The van der Waals surface area contributed by atoms with Gasteiger partial charge in [-0.2, -0.15) is 0 Å². The van der Waals surface area contributed by atoms with Crippen molar-refractivity contribution in [3.8, 4) is 0 Å². The van der Waals surface area contributed by atoms with Gasteiger partial charge in [-0.3, -0.25) is 0 Å². The molecule has 0 aromatic carbocycles. The molecule has 1 aliphatic rings. The van der Waals surface area contributed by atoms with Crippen LogP contribution in [0.25, 0.3) is 0 Å². The highest BCUT2D eigenvalue weighted by molar-refractivity contribution is 4.83. The lowest BCUT2D eigenvalue weighted by Gasteiger charge is -2.25. The molecule has 2 nitrogen and oxygen atoms in total. The lowest BCUT2D eigenvalue weighted by Crippen LogP contribution is -2.40. The van der Waals surface area contributed by atoms with Gasteiger partial charge in [0.25, 0.3) is 0 Å². The highest BCUT2D eigenvalue weighted by Crippen LogP contribution is 2.24. The maximum atomic E-state index is 5.75. The van der Waals surface area contributed by atoms with E-state index >= 15 is 0 Å². The molecule has 0 bridgehead atoms. The van der Waals surface area contributed by atoms with Crippen LogP contribution in [0.4, 0.5) is 0 Å². The summed E-state index contributed by atoms with van der Waals surface area (Å²) in [4.78, 5) is 0. The Kier molecular flexibility index (Phi) is 4.74. The number of hydrogen-bond acceptors (Lipinski definition) is 2. The third kappa shape index (κ3) is 2.96. The molecular weight excluding hydrogens is 162 g/mol. The fourth-order valence-electron chi connectivity index (χ4n) is 2.13. The molecule has 1 heterocycles. The Balaban J connectivity index is 2.35. The number of hydrogen-bond donors (Lipinski definition) is 1. The van der Waals surface area contributed by atoms with E-state index in [1.807, 2.05) is 0 Å². The van der Waals surface area contributed by atoms with E-state index in [4.69, 9.17) is 4.74 Å². The van der Waals surface area contributed by atoms with Crippen molar-refractivity contribution in [3.63, 3.8) is 0 Å². The van der Waals surface area contributed by atoms with Crippen LogP contribution in [-0.2, 0) is 4.74 Å². The van der Waals surface area contributed by atoms with Gasteiger partial charge in [-0.1, -0.05) is 26.7 Å². The zero-order chi connectivity index (χ0) is 9.68. The summed E-state index contributed by atoms with van der Waals surface area (Å²) in [6, 6.07) is 0.567. The lowest BCUT2D eigenvalue weighted by atomic mass is 9.94. The first-order valence-electron chi connectivity index (χ1n) is 5.58. The van der Waals surface area contributed by atoms with E-state index < -0.39 is 0 Å². The molecular formula is C11H23NO. The zero-order valence-electron chi connectivity index (χ0n) is 9.18. The van der Waals surface area contributed by atoms with Crippen molar-refractivity contribution < 1.29 is 4.74 Å². The minimum Gasteiger partial charge on any atom is -0.376 e. The lowest BCUT2D eigenvalue weighted by molar-refractivity contribution is 0.0600. The third-order valence-electron chi connectivity index (χ3n) is 3.08. The van der Waals surface area contributed by atoms with Crippen LogP contribution in [0.15, 0.2) is 0 Å². The predicted octanol–water partition coefficient (Wildman–Crippen LogP) is 2.19. The van der Waals surface area contributed by atoms with Crippen molar-refractivity contribution in [1.29, 1.82) is 0 Å². The molecule has 0 spiro atoms. The second-order valence-electron chi connectivity index (χ2n) is 4.14. The maximum Gasteiger partial charge on any atom is 0.0754 e. The highest BCUT2D eigenvalue weighted by Gasteiger charge is 2.30. The Morgan fingerprint density at radius 2 is 2.31 bits per heavy atom. The number of ether oxygens (including phenoxy) is 1. The molecule has 1 fully saturated rings. The smallest absolute Gasteiger partial charge is 0.0754 e. The largest absolute Gasteiger partial charge is 0.376 e. The number of likely N-dealkylation sites (N-methyl/N-ethyl adjacent to an activating group) is 1. The first-order chi connectivity index (χ1) is 6.29. The summed E-state index contributed by atoms with van der Waals surface area (Å²) in [5.41, 5.74) is 0. The maximum absolute atomic E-state index is 5.75. The predicted molar refractivity (Wildman–Crippen MR) is 55.9 cm³/mol. The van der Waals surface area contributed by atoms with Crippen molar-refractivity contribution in [1.82, 2.24) is 5.32 Å². The van der Waals surface area contributed by atoms with Crippen molar-refractivity contribution in [3.05, 3.63) is 0 Å². The summed E-state index contributed by atoms with van der Waals surface area (Å²) in [6.07, 6.45) is 5.52. The first-order valence-corrected chi connectivity index (χ1v) is 5.58. The molecule has 3 atom stereocenters. The van der Waals surface area contributed by atoms with Crippen LogP contribution in [0.1, 0.15) is 39.5 Å². The highest BCUT2D eigenvalue weighted by atomic mass is 16.5. The minimum absolute atomic E-state index is 0.455. The molecule has 0 saturated carbocycles. The van der Waals surface area contributed by atoms with Gasteiger partial charge in [-0.15, -0.1) is 0 Å². The molecule has 1 aliphatic heterocycles. The molecule has 1 N–H and O–H groups in total. The quantitative estimate of drug-likeness (QED) is 0.709. The van der Waals surface area contributed by atoms with Gasteiger partial charge in [0.1, 0.15) is 0 Å². The van der Waals surface area contributed by atoms with E-state index in [1.165, 1.54) is 25.7 Å². The Morgan fingerprint density at radius 1 is 1.54 bits per heavy atom. The molecule has 1 saturated heterocycles. The average Bonchev–Trinajstić information content (AvgIpc) is 2.54. The van der Waals surface area contributed by atoms with E-state index in [0.717, 1.165) is 12.5 Å². The van der Waals surface area contributed by atoms with Crippen LogP contribution in [0.5, 0.6) is 0 Å². The van der Waals surface area contributed by atoms with Gasteiger partial charge in [-0.05, 0) is 25.8 Å². The van der Waals surface area contributed by atoms with E-state index in [-0.39, 0.29) is 0 Å². The summed E-state index contributed by atoms with van der Waals surface area (Å²) < 4.78 is 5.75.